The molecule has 0 unspecified atom stereocenters. The summed E-state index contributed by atoms with van der Waals surface area (Å²) < 4.78 is 0. The van der Waals surface area contributed by atoms with Crippen molar-refractivity contribution in [2.75, 3.05) is 18.8 Å². The third-order valence-corrected chi connectivity index (χ3v) is 5.30. The molecule has 1 aromatic carbocycles. The Morgan fingerprint density at radius 3 is 2.40 bits per heavy atom. The van der Waals surface area contributed by atoms with Crippen LogP contribution in [0, 0.1) is 12.3 Å². The first-order valence-electron chi connectivity index (χ1n) is 7.75. The monoisotopic (exact) mass is 272 g/mol. The van der Waals surface area contributed by atoms with Gasteiger partial charge in [-0.3, -0.25) is 4.79 Å². The quantitative estimate of drug-likeness (QED) is 0.797. The Bertz CT molecular complexity index is 508. The number of aryl methyl sites for hydroxylation is 1. The van der Waals surface area contributed by atoms with Crippen LogP contribution in [0.15, 0.2) is 18.2 Å². The molecular weight excluding hydrogens is 248 g/mol. The van der Waals surface area contributed by atoms with E-state index in [1.807, 2.05) is 30.0 Å². The van der Waals surface area contributed by atoms with E-state index in [1.54, 1.807) is 0 Å². The van der Waals surface area contributed by atoms with Gasteiger partial charge in [0.05, 0.1) is 0 Å². The number of piperidine rings is 1. The molecule has 108 valence electrons. The van der Waals surface area contributed by atoms with E-state index >= 15 is 0 Å². The lowest BCUT2D eigenvalue weighted by Crippen LogP contribution is -2.42. The maximum atomic E-state index is 12.5. The van der Waals surface area contributed by atoms with Gasteiger partial charge >= 0.3 is 0 Å². The molecule has 2 aliphatic rings. The number of anilines is 1. The molecule has 1 amide bonds. The summed E-state index contributed by atoms with van der Waals surface area (Å²) in [5, 5.41) is 0. The van der Waals surface area contributed by atoms with Crippen molar-refractivity contribution in [3.63, 3.8) is 0 Å². The average molecular weight is 272 g/mol. The number of nitrogens with zero attached hydrogens (tertiary/aromatic N) is 1. The summed E-state index contributed by atoms with van der Waals surface area (Å²) in [6, 6.07) is 5.65. The van der Waals surface area contributed by atoms with Crippen LogP contribution in [-0.2, 0) is 0 Å². The molecule has 3 nitrogen and oxygen atoms in total. The summed E-state index contributed by atoms with van der Waals surface area (Å²) in [6.07, 6.45) is 7.85. The van der Waals surface area contributed by atoms with E-state index in [0.29, 0.717) is 11.1 Å². The fraction of sp³-hybridized carbons (Fsp3) is 0.588. The zero-order valence-electron chi connectivity index (χ0n) is 12.3. The van der Waals surface area contributed by atoms with Gasteiger partial charge in [-0.05, 0) is 55.7 Å². The minimum absolute atomic E-state index is 0.143. The molecular formula is C17H24N2O. The minimum atomic E-state index is 0.143. The van der Waals surface area contributed by atoms with Crippen LogP contribution in [0.25, 0.3) is 0 Å². The third-order valence-electron chi connectivity index (χ3n) is 5.30. The van der Waals surface area contributed by atoms with Crippen LogP contribution in [0.2, 0.25) is 0 Å². The average Bonchev–Trinajstić information content (AvgIpc) is 2.90. The number of benzene rings is 1. The Morgan fingerprint density at radius 1 is 1.15 bits per heavy atom. The first-order valence-corrected chi connectivity index (χ1v) is 7.75. The SMILES string of the molecule is Cc1ccc(C(=O)N2CCC3(CCCC3)CC2)cc1N. The zero-order chi connectivity index (χ0) is 14.2. The topological polar surface area (TPSA) is 46.3 Å². The lowest BCUT2D eigenvalue weighted by atomic mass is 9.77. The van der Waals surface area contributed by atoms with Gasteiger partial charge in [-0.15, -0.1) is 0 Å². The normalized spacial score (nSPS) is 21.4. The summed E-state index contributed by atoms with van der Waals surface area (Å²) in [5.41, 5.74) is 8.94. The van der Waals surface area contributed by atoms with Crippen LogP contribution in [0.1, 0.15) is 54.4 Å². The molecule has 1 saturated heterocycles. The van der Waals surface area contributed by atoms with E-state index in [4.69, 9.17) is 5.73 Å². The molecule has 0 bridgehead atoms. The van der Waals surface area contributed by atoms with E-state index in [0.717, 1.165) is 24.2 Å². The standard InChI is InChI=1S/C17H24N2O/c1-13-4-5-14(12-15(13)18)16(20)19-10-8-17(9-11-19)6-2-3-7-17/h4-5,12H,2-3,6-11,18H2,1H3. The third kappa shape index (κ3) is 2.41. The maximum absolute atomic E-state index is 12.5. The summed E-state index contributed by atoms with van der Waals surface area (Å²) in [4.78, 5) is 14.5. The molecule has 1 heterocycles. The second kappa shape index (κ2) is 5.12. The lowest BCUT2D eigenvalue weighted by Gasteiger charge is -2.39. The molecule has 20 heavy (non-hydrogen) atoms. The zero-order valence-corrected chi connectivity index (χ0v) is 12.3. The molecule has 2 N–H and O–H groups in total. The molecule has 0 atom stereocenters. The van der Waals surface area contributed by atoms with Crippen LogP contribution in [0.5, 0.6) is 0 Å². The molecule has 3 heteroatoms. The van der Waals surface area contributed by atoms with Gasteiger partial charge in [0.2, 0.25) is 0 Å². The number of rotatable bonds is 1. The van der Waals surface area contributed by atoms with Crippen LogP contribution >= 0.6 is 0 Å². The van der Waals surface area contributed by atoms with Crippen molar-refractivity contribution in [3.8, 4) is 0 Å². The molecule has 1 aliphatic heterocycles. The number of nitrogens with two attached hydrogens (primary N) is 1. The fourth-order valence-corrected chi connectivity index (χ4v) is 3.77. The first kappa shape index (κ1) is 13.5. The number of nitrogen functional groups attached to an aromatic ring is 1. The highest BCUT2D eigenvalue weighted by Crippen LogP contribution is 2.46. The molecule has 1 saturated carbocycles. The van der Waals surface area contributed by atoms with E-state index in [-0.39, 0.29) is 5.91 Å². The summed E-state index contributed by atoms with van der Waals surface area (Å²) >= 11 is 0. The molecule has 0 radical (unpaired) electrons. The summed E-state index contributed by atoms with van der Waals surface area (Å²) in [5.74, 6) is 0.143. The van der Waals surface area contributed by atoms with E-state index in [2.05, 4.69) is 0 Å². The van der Waals surface area contributed by atoms with Gasteiger partial charge in [0.1, 0.15) is 0 Å². The molecule has 1 spiro atoms. The number of hydrogen-bond donors (Lipinski definition) is 1. The Morgan fingerprint density at radius 2 is 1.80 bits per heavy atom. The minimum Gasteiger partial charge on any atom is -0.398 e. The van der Waals surface area contributed by atoms with Gasteiger partial charge in [0.15, 0.2) is 0 Å². The smallest absolute Gasteiger partial charge is 0.253 e. The first-order chi connectivity index (χ1) is 9.60. The highest BCUT2D eigenvalue weighted by Gasteiger charge is 2.38. The van der Waals surface area contributed by atoms with Gasteiger partial charge in [0, 0.05) is 24.3 Å². The molecule has 0 aromatic heterocycles. The lowest BCUT2D eigenvalue weighted by molar-refractivity contribution is 0.0587. The van der Waals surface area contributed by atoms with E-state index in [1.165, 1.54) is 38.5 Å². The van der Waals surface area contributed by atoms with Gasteiger partial charge in [-0.25, -0.2) is 0 Å². The van der Waals surface area contributed by atoms with Crippen LogP contribution in [0.3, 0.4) is 0 Å². The van der Waals surface area contributed by atoms with Crippen LogP contribution in [0.4, 0.5) is 5.69 Å². The number of likely N-dealkylation sites (tertiary alicyclic amines) is 1. The number of amides is 1. The van der Waals surface area contributed by atoms with Crippen molar-refractivity contribution < 1.29 is 4.79 Å². The van der Waals surface area contributed by atoms with Crippen LogP contribution in [-0.4, -0.2) is 23.9 Å². The Kier molecular flexibility index (Phi) is 3.45. The summed E-state index contributed by atoms with van der Waals surface area (Å²) in [7, 11) is 0. The van der Waals surface area contributed by atoms with Crippen molar-refractivity contribution in [1.29, 1.82) is 0 Å². The van der Waals surface area contributed by atoms with Gasteiger partial charge in [0.25, 0.3) is 5.91 Å². The highest BCUT2D eigenvalue weighted by molar-refractivity contribution is 5.95. The number of hydrogen-bond acceptors (Lipinski definition) is 2. The predicted octanol–water partition coefficient (Wildman–Crippen LogP) is 3.37. The largest absolute Gasteiger partial charge is 0.398 e. The van der Waals surface area contributed by atoms with E-state index < -0.39 is 0 Å². The second-order valence-corrected chi connectivity index (χ2v) is 6.57. The fourth-order valence-electron chi connectivity index (χ4n) is 3.77. The Balaban J connectivity index is 1.68. The van der Waals surface area contributed by atoms with Crippen molar-refractivity contribution in [3.05, 3.63) is 29.3 Å². The second-order valence-electron chi connectivity index (χ2n) is 6.57. The number of carbonyl (C=O) groups excluding carboxylic acids is 1. The molecule has 1 aliphatic carbocycles. The van der Waals surface area contributed by atoms with Gasteiger partial charge < -0.3 is 10.6 Å². The Labute approximate surface area is 121 Å². The van der Waals surface area contributed by atoms with Crippen molar-refractivity contribution in [2.24, 2.45) is 5.41 Å². The predicted molar refractivity (Wildman–Crippen MR) is 81.6 cm³/mol. The Hall–Kier alpha value is -1.51. The summed E-state index contributed by atoms with van der Waals surface area (Å²) in [6.45, 7) is 3.79. The van der Waals surface area contributed by atoms with Crippen molar-refractivity contribution >= 4 is 11.6 Å². The highest BCUT2D eigenvalue weighted by atomic mass is 16.2. The van der Waals surface area contributed by atoms with Crippen LogP contribution < -0.4 is 5.73 Å². The molecule has 2 fully saturated rings. The van der Waals surface area contributed by atoms with E-state index in [9.17, 15) is 4.79 Å². The van der Waals surface area contributed by atoms with Gasteiger partial charge in [-0.1, -0.05) is 18.9 Å². The van der Waals surface area contributed by atoms with Crippen molar-refractivity contribution in [2.45, 2.75) is 45.4 Å². The molecule has 3 rings (SSSR count). The molecule has 1 aromatic rings. The van der Waals surface area contributed by atoms with Gasteiger partial charge in [-0.2, -0.15) is 0 Å². The maximum Gasteiger partial charge on any atom is 0.253 e. The number of carbonyl (C=O) groups is 1. The van der Waals surface area contributed by atoms with Crippen molar-refractivity contribution in [1.82, 2.24) is 4.90 Å².